The van der Waals surface area contributed by atoms with E-state index < -0.39 is 5.41 Å². The summed E-state index contributed by atoms with van der Waals surface area (Å²) in [6, 6.07) is 1.40. The third-order valence-electron chi connectivity index (χ3n) is 4.14. The van der Waals surface area contributed by atoms with Gasteiger partial charge in [-0.2, -0.15) is 0 Å². The van der Waals surface area contributed by atoms with Crippen molar-refractivity contribution in [2.24, 2.45) is 0 Å². The van der Waals surface area contributed by atoms with Crippen LogP contribution in [-0.4, -0.2) is 12.9 Å². The van der Waals surface area contributed by atoms with Gasteiger partial charge in [0, 0.05) is 17.7 Å². The van der Waals surface area contributed by atoms with Gasteiger partial charge in [0.15, 0.2) is 11.2 Å². The van der Waals surface area contributed by atoms with Gasteiger partial charge >= 0.3 is 0 Å². The summed E-state index contributed by atoms with van der Waals surface area (Å²) in [7, 11) is 1.51. The molecule has 0 unspecified atom stereocenters. The maximum Gasteiger partial charge on any atom is 0.196 e. The Kier molecular flexibility index (Phi) is 3.39. The molecule has 3 rings (SSSR count). The lowest BCUT2D eigenvalue weighted by atomic mass is 9.79. The number of hydrogen-bond acceptors (Lipinski definition) is 4. The van der Waals surface area contributed by atoms with Gasteiger partial charge in [0.25, 0.3) is 0 Å². The molecule has 0 fully saturated rings. The van der Waals surface area contributed by atoms with Crippen LogP contribution in [0.2, 0.25) is 0 Å². The molecule has 1 heterocycles. The van der Waals surface area contributed by atoms with Crippen molar-refractivity contribution in [1.29, 1.82) is 0 Å². The van der Waals surface area contributed by atoms with Gasteiger partial charge in [-0.05, 0) is 26.7 Å². The smallest absolute Gasteiger partial charge is 0.196 e. The van der Waals surface area contributed by atoms with Crippen LogP contribution in [0.15, 0.2) is 45.3 Å². The predicted molar refractivity (Wildman–Crippen MR) is 83.8 cm³/mol. The van der Waals surface area contributed by atoms with Gasteiger partial charge in [0.05, 0.1) is 12.5 Å². The van der Waals surface area contributed by atoms with E-state index in [9.17, 15) is 9.59 Å². The van der Waals surface area contributed by atoms with Gasteiger partial charge in [0.1, 0.15) is 22.8 Å². The molecule has 0 aromatic carbocycles. The first-order valence-electron chi connectivity index (χ1n) is 7.31. The van der Waals surface area contributed by atoms with Crippen LogP contribution < -0.4 is 5.43 Å². The molecule has 2 aliphatic carbocycles. The molecule has 0 saturated carbocycles. The molecule has 0 N–H and O–H groups in total. The number of allylic oxidation sites excluding steroid dienone is 6. The van der Waals surface area contributed by atoms with Crippen molar-refractivity contribution < 1.29 is 13.9 Å². The van der Waals surface area contributed by atoms with Crippen LogP contribution >= 0.6 is 0 Å². The van der Waals surface area contributed by atoms with Gasteiger partial charge in [-0.3, -0.25) is 9.59 Å². The van der Waals surface area contributed by atoms with Crippen LogP contribution in [0, 0.1) is 0 Å². The fourth-order valence-electron chi connectivity index (χ4n) is 2.90. The van der Waals surface area contributed by atoms with E-state index in [0.29, 0.717) is 17.3 Å². The van der Waals surface area contributed by atoms with Gasteiger partial charge in [-0.15, -0.1) is 0 Å². The molecule has 2 aliphatic rings. The summed E-state index contributed by atoms with van der Waals surface area (Å²) < 4.78 is 11.3. The standard InChI is InChI=1S/C18H18O4/c1-18(2)15(21-3)10-13(20)16-12(19)9-14(22-17(16)18)11-7-5-4-6-8-11/h5,7-10H,4,6H2,1-3H3. The molecule has 0 atom stereocenters. The highest BCUT2D eigenvalue weighted by atomic mass is 16.5. The number of ether oxygens (including phenoxy) is 1. The second-order valence-corrected chi connectivity index (χ2v) is 6.02. The van der Waals surface area contributed by atoms with Gasteiger partial charge < -0.3 is 9.15 Å². The Balaban J connectivity index is 2.23. The fraction of sp³-hybridized carbons (Fsp3) is 0.333. The third kappa shape index (κ3) is 2.15. The van der Waals surface area contributed by atoms with E-state index >= 15 is 0 Å². The average molecular weight is 298 g/mol. The Morgan fingerprint density at radius 1 is 1.23 bits per heavy atom. The largest absolute Gasteiger partial charge is 0.500 e. The van der Waals surface area contributed by atoms with Crippen LogP contribution in [0.4, 0.5) is 0 Å². The Morgan fingerprint density at radius 2 is 2.00 bits per heavy atom. The van der Waals surface area contributed by atoms with E-state index in [0.717, 1.165) is 18.4 Å². The summed E-state index contributed by atoms with van der Waals surface area (Å²) in [5.74, 6) is 1.01. The van der Waals surface area contributed by atoms with E-state index in [1.165, 1.54) is 19.3 Å². The van der Waals surface area contributed by atoms with Crippen molar-refractivity contribution in [2.75, 3.05) is 7.11 Å². The summed E-state index contributed by atoms with van der Waals surface area (Å²) in [4.78, 5) is 24.6. The summed E-state index contributed by atoms with van der Waals surface area (Å²) >= 11 is 0. The summed E-state index contributed by atoms with van der Waals surface area (Å²) in [6.07, 6.45) is 9.30. The summed E-state index contributed by atoms with van der Waals surface area (Å²) in [5.41, 5.74) is 0.0185. The highest BCUT2D eigenvalue weighted by molar-refractivity contribution is 6.07. The molecular weight excluding hydrogens is 280 g/mol. The van der Waals surface area contributed by atoms with Crippen LogP contribution in [0.25, 0.3) is 5.57 Å². The number of methoxy groups -OCH3 is 1. The number of hydrogen-bond donors (Lipinski definition) is 0. The molecule has 0 spiro atoms. The minimum Gasteiger partial charge on any atom is -0.500 e. The lowest BCUT2D eigenvalue weighted by molar-refractivity contribution is 0.101. The van der Waals surface area contributed by atoms with Gasteiger partial charge in [0.2, 0.25) is 0 Å². The molecule has 4 nitrogen and oxygen atoms in total. The Bertz CT molecular complexity index is 788. The molecule has 0 bridgehead atoms. The van der Waals surface area contributed by atoms with Crippen molar-refractivity contribution in [3.63, 3.8) is 0 Å². The number of carbonyl (C=O) groups excluding carboxylic acids is 1. The number of ketones is 1. The highest BCUT2D eigenvalue weighted by Crippen LogP contribution is 2.38. The van der Waals surface area contributed by atoms with E-state index in [1.807, 2.05) is 32.1 Å². The molecule has 0 radical (unpaired) electrons. The zero-order chi connectivity index (χ0) is 15.9. The number of fused-ring (bicyclic) bond motifs is 1. The van der Waals surface area contributed by atoms with Crippen molar-refractivity contribution in [3.8, 4) is 0 Å². The summed E-state index contributed by atoms with van der Waals surface area (Å²) in [5, 5.41) is 0. The molecule has 4 heteroatoms. The number of carbonyl (C=O) groups is 1. The average Bonchev–Trinajstić information content (AvgIpc) is 2.51. The zero-order valence-corrected chi connectivity index (χ0v) is 12.9. The van der Waals surface area contributed by atoms with Crippen LogP contribution in [0.3, 0.4) is 0 Å². The molecule has 0 aliphatic heterocycles. The number of rotatable bonds is 2. The Hall–Kier alpha value is -2.36. The molecular formula is C18H18O4. The molecule has 114 valence electrons. The predicted octanol–water partition coefficient (Wildman–Crippen LogP) is 3.38. The van der Waals surface area contributed by atoms with E-state index in [2.05, 4.69) is 0 Å². The topological polar surface area (TPSA) is 56.5 Å². The molecule has 1 aromatic rings. The highest BCUT2D eigenvalue weighted by Gasteiger charge is 2.40. The normalized spacial score (nSPS) is 19.3. The van der Waals surface area contributed by atoms with Gasteiger partial charge in [-0.1, -0.05) is 18.2 Å². The Labute approximate surface area is 128 Å². The second-order valence-electron chi connectivity index (χ2n) is 6.02. The van der Waals surface area contributed by atoms with Crippen LogP contribution in [0.5, 0.6) is 0 Å². The third-order valence-corrected chi connectivity index (χ3v) is 4.14. The van der Waals surface area contributed by atoms with Crippen molar-refractivity contribution >= 4 is 11.4 Å². The van der Waals surface area contributed by atoms with Crippen molar-refractivity contribution in [3.05, 3.63) is 63.4 Å². The van der Waals surface area contributed by atoms with Crippen LogP contribution in [-0.2, 0) is 10.2 Å². The lowest BCUT2D eigenvalue weighted by Crippen LogP contribution is -2.33. The first-order chi connectivity index (χ1) is 10.4. The quantitative estimate of drug-likeness (QED) is 0.840. The second kappa shape index (κ2) is 5.13. The lowest BCUT2D eigenvalue weighted by Gasteiger charge is -2.30. The molecule has 1 aromatic heterocycles. The maximum absolute atomic E-state index is 12.4. The van der Waals surface area contributed by atoms with Crippen LogP contribution in [0.1, 0.15) is 48.6 Å². The minimum atomic E-state index is -0.661. The molecule has 0 saturated heterocycles. The summed E-state index contributed by atoms with van der Waals surface area (Å²) in [6.45, 7) is 3.76. The first kappa shape index (κ1) is 14.6. The zero-order valence-electron chi connectivity index (χ0n) is 12.9. The monoisotopic (exact) mass is 298 g/mol. The fourth-order valence-corrected chi connectivity index (χ4v) is 2.90. The van der Waals surface area contributed by atoms with Crippen molar-refractivity contribution in [2.45, 2.75) is 32.1 Å². The van der Waals surface area contributed by atoms with E-state index in [1.54, 1.807) is 0 Å². The first-order valence-corrected chi connectivity index (χ1v) is 7.31. The molecule has 0 amide bonds. The minimum absolute atomic E-state index is 0.106. The van der Waals surface area contributed by atoms with Gasteiger partial charge in [-0.25, -0.2) is 0 Å². The molecule has 22 heavy (non-hydrogen) atoms. The van der Waals surface area contributed by atoms with E-state index in [4.69, 9.17) is 9.15 Å². The van der Waals surface area contributed by atoms with Crippen molar-refractivity contribution in [1.82, 2.24) is 0 Å². The SMILES string of the molecule is COC1=CC(=O)c2c(oc(C3=CCCC=C3)cc2=O)C1(C)C. The van der Waals surface area contributed by atoms with E-state index in [-0.39, 0.29) is 16.8 Å². The Morgan fingerprint density at radius 3 is 2.64 bits per heavy atom. The maximum atomic E-state index is 12.4.